The molecular weight excluding hydrogens is 316 g/mol. The van der Waals surface area contributed by atoms with Crippen molar-refractivity contribution in [3.05, 3.63) is 54.9 Å². The van der Waals surface area contributed by atoms with Crippen LogP contribution in [0, 0.1) is 0 Å². The summed E-state index contributed by atoms with van der Waals surface area (Å²) in [6, 6.07) is 4.00. The number of imidazole rings is 1. The fourth-order valence-electron chi connectivity index (χ4n) is 2.59. The van der Waals surface area contributed by atoms with E-state index in [1.54, 1.807) is 18.6 Å². The summed E-state index contributed by atoms with van der Waals surface area (Å²) < 4.78 is 3.82. The first-order chi connectivity index (χ1) is 12.2. The van der Waals surface area contributed by atoms with Gasteiger partial charge in [0.25, 0.3) is 0 Å². The van der Waals surface area contributed by atoms with Crippen LogP contribution in [0.3, 0.4) is 0 Å². The van der Waals surface area contributed by atoms with Crippen LogP contribution in [0.2, 0.25) is 0 Å². The minimum Gasteiger partial charge on any atom is -0.381 e. The number of aromatic nitrogens is 6. The molecule has 0 unspecified atom stereocenters. The molecule has 0 radical (unpaired) electrons. The Bertz CT molecular complexity index is 1020. The number of nitrogen functional groups attached to an aromatic ring is 1. The summed E-state index contributed by atoms with van der Waals surface area (Å²) in [4.78, 5) is 13.1. The molecule has 3 N–H and O–H groups in total. The maximum atomic E-state index is 5.96. The van der Waals surface area contributed by atoms with Crippen molar-refractivity contribution in [2.45, 2.75) is 20.0 Å². The van der Waals surface area contributed by atoms with Crippen LogP contribution in [0.1, 0.15) is 12.5 Å². The molecule has 4 rings (SSSR count). The van der Waals surface area contributed by atoms with Crippen molar-refractivity contribution in [3.63, 3.8) is 0 Å². The third-order valence-electron chi connectivity index (χ3n) is 3.96. The van der Waals surface area contributed by atoms with E-state index in [2.05, 4.69) is 25.4 Å². The normalized spacial score (nSPS) is 11.1. The summed E-state index contributed by atoms with van der Waals surface area (Å²) >= 11 is 0. The second-order valence-electron chi connectivity index (χ2n) is 5.66. The molecule has 0 bridgehead atoms. The zero-order chi connectivity index (χ0) is 17.2. The molecule has 4 heterocycles. The van der Waals surface area contributed by atoms with Crippen LogP contribution in [0.5, 0.6) is 0 Å². The van der Waals surface area contributed by atoms with Crippen LogP contribution >= 0.6 is 0 Å². The lowest BCUT2D eigenvalue weighted by atomic mass is 10.2. The fraction of sp³-hybridized carbons (Fsp3) is 0.176. The third-order valence-corrected chi connectivity index (χ3v) is 3.96. The van der Waals surface area contributed by atoms with Crippen molar-refractivity contribution in [2.75, 3.05) is 11.1 Å². The first-order valence-electron chi connectivity index (χ1n) is 8.04. The van der Waals surface area contributed by atoms with Gasteiger partial charge in [0.15, 0.2) is 11.6 Å². The monoisotopic (exact) mass is 334 g/mol. The largest absolute Gasteiger partial charge is 0.381 e. The number of aryl methyl sites for hydroxylation is 1. The highest BCUT2D eigenvalue weighted by Gasteiger charge is 2.08. The standard InChI is InChI=1S/C17H18N8/c1-2-25-11-13(8-22-25)14-9-20-16(18)17(23-14)21-7-12-3-4-15-19-5-6-24(15)10-12/h3-6,8-11H,2,7H2,1H3,(H2,18,20)(H,21,23). The molecule has 0 saturated heterocycles. The van der Waals surface area contributed by atoms with Crippen molar-refractivity contribution in [3.8, 4) is 11.3 Å². The molecule has 4 aromatic rings. The zero-order valence-corrected chi connectivity index (χ0v) is 13.8. The predicted molar refractivity (Wildman–Crippen MR) is 95.9 cm³/mol. The molecule has 0 aromatic carbocycles. The topological polar surface area (TPSA) is 99.0 Å². The Morgan fingerprint density at radius 3 is 2.92 bits per heavy atom. The summed E-state index contributed by atoms with van der Waals surface area (Å²) in [5.74, 6) is 0.933. The SMILES string of the molecule is CCn1cc(-c2cnc(N)c(NCc3ccc4nccn4c3)n2)cn1. The Morgan fingerprint density at radius 1 is 1.16 bits per heavy atom. The molecule has 0 saturated carbocycles. The number of hydrogen-bond donors (Lipinski definition) is 2. The second-order valence-corrected chi connectivity index (χ2v) is 5.66. The van der Waals surface area contributed by atoms with Crippen molar-refractivity contribution < 1.29 is 0 Å². The van der Waals surface area contributed by atoms with E-state index >= 15 is 0 Å². The smallest absolute Gasteiger partial charge is 0.169 e. The first-order valence-corrected chi connectivity index (χ1v) is 8.04. The molecule has 126 valence electrons. The molecule has 0 aliphatic heterocycles. The first kappa shape index (κ1) is 15.1. The average Bonchev–Trinajstić information content (AvgIpc) is 3.29. The van der Waals surface area contributed by atoms with Gasteiger partial charge in [-0.3, -0.25) is 4.68 Å². The van der Waals surface area contributed by atoms with E-state index in [-0.39, 0.29) is 0 Å². The molecule has 0 amide bonds. The molecule has 0 fully saturated rings. The van der Waals surface area contributed by atoms with Gasteiger partial charge in [-0.15, -0.1) is 0 Å². The van der Waals surface area contributed by atoms with E-state index < -0.39 is 0 Å². The molecule has 25 heavy (non-hydrogen) atoms. The van der Waals surface area contributed by atoms with Crippen molar-refractivity contribution >= 4 is 17.3 Å². The quantitative estimate of drug-likeness (QED) is 0.580. The zero-order valence-electron chi connectivity index (χ0n) is 13.8. The van der Waals surface area contributed by atoms with Crippen molar-refractivity contribution in [1.82, 2.24) is 29.1 Å². The highest BCUT2D eigenvalue weighted by atomic mass is 15.3. The molecule has 0 aliphatic carbocycles. The molecule has 0 atom stereocenters. The Kier molecular flexibility index (Phi) is 3.77. The van der Waals surface area contributed by atoms with E-state index in [9.17, 15) is 0 Å². The molecule has 4 aromatic heterocycles. The highest BCUT2D eigenvalue weighted by molar-refractivity contribution is 5.64. The van der Waals surface area contributed by atoms with Crippen LogP contribution < -0.4 is 11.1 Å². The number of nitrogens with zero attached hydrogens (tertiary/aromatic N) is 6. The van der Waals surface area contributed by atoms with E-state index in [0.717, 1.165) is 29.0 Å². The van der Waals surface area contributed by atoms with E-state index in [1.165, 1.54) is 0 Å². The lowest BCUT2D eigenvalue weighted by Gasteiger charge is -2.09. The second kappa shape index (κ2) is 6.23. The minimum absolute atomic E-state index is 0.371. The van der Waals surface area contributed by atoms with Crippen LogP contribution in [0.15, 0.2) is 49.3 Å². The third kappa shape index (κ3) is 3.01. The average molecular weight is 334 g/mol. The van der Waals surface area contributed by atoms with Gasteiger partial charge in [0, 0.05) is 43.4 Å². The van der Waals surface area contributed by atoms with Gasteiger partial charge in [-0.2, -0.15) is 5.10 Å². The number of rotatable bonds is 5. The van der Waals surface area contributed by atoms with Crippen molar-refractivity contribution in [1.29, 1.82) is 0 Å². The van der Waals surface area contributed by atoms with Gasteiger partial charge in [-0.05, 0) is 18.6 Å². The van der Waals surface area contributed by atoms with Crippen LogP contribution in [0.25, 0.3) is 16.9 Å². The summed E-state index contributed by atoms with van der Waals surface area (Å²) in [6.07, 6.45) is 11.1. The Balaban J connectivity index is 1.55. The molecule has 0 spiro atoms. The number of fused-ring (bicyclic) bond motifs is 1. The van der Waals surface area contributed by atoms with Crippen LogP contribution in [0.4, 0.5) is 11.6 Å². The number of pyridine rings is 1. The maximum Gasteiger partial charge on any atom is 0.169 e. The van der Waals surface area contributed by atoms with Gasteiger partial charge in [-0.25, -0.2) is 15.0 Å². The Labute approximate surface area is 144 Å². The summed E-state index contributed by atoms with van der Waals surface area (Å²) in [5.41, 5.74) is 9.62. The number of anilines is 2. The number of nitrogens with one attached hydrogen (secondary N) is 1. The fourth-order valence-corrected chi connectivity index (χ4v) is 2.59. The predicted octanol–water partition coefficient (Wildman–Crippen LogP) is 2.20. The highest BCUT2D eigenvalue weighted by Crippen LogP contribution is 2.21. The Hall–Kier alpha value is -3.42. The molecule has 8 nitrogen and oxygen atoms in total. The van der Waals surface area contributed by atoms with Gasteiger partial charge in [0.05, 0.1) is 18.1 Å². The summed E-state index contributed by atoms with van der Waals surface area (Å²) in [6.45, 7) is 3.43. The van der Waals surface area contributed by atoms with Crippen molar-refractivity contribution in [2.24, 2.45) is 0 Å². The molecular formula is C17H18N8. The van der Waals surface area contributed by atoms with Crippen LogP contribution in [-0.4, -0.2) is 29.1 Å². The van der Waals surface area contributed by atoms with E-state index in [1.807, 2.05) is 46.7 Å². The lowest BCUT2D eigenvalue weighted by Crippen LogP contribution is -2.07. The van der Waals surface area contributed by atoms with Gasteiger partial charge in [-0.1, -0.05) is 6.07 Å². The lowest BCUT2D eigenvalue weighted by molar-refractivity contribution is 0.660. The van der Waals surface area contributed by atoms with E-state index in [0.29, 0.717) is 18.2 Å². The number of hydrogen-bond acceptors (Lipinski definition) is 6. The minimum atomic E-state index is 0.371. The van der Waals surface area contributed by atoms with Gasteiger partial charge in [0.1, 0.15) is 5.65 Å². The number of nitrogens with two attached hydrogens (primary N) is 1. The molecule has 8 heteroatoms. The van der Waals surface area contributed by atoms with E-state index in [4.69, 9.17) is 5.73 Å². The summed E-state index contributed by atoms with van der Waals surface area (Å²) in [7, 11) is 0. The Morgan fingerprint density at radius 2 is 2.08 bits per heavy atom. The van der Waals surface area contributed by atoms with Gasteiger partial charge in [0.2, 0.25) is 0 Å². The summed E-state index contributed by atoms with van der Waals surface area (Å²) in [5, 5.41) is 7.53. The van der Waals surface area contributed by atoms with Gasteiger partial charge < -0.3 is 15.5 Å². The maximum absolute atomic E-state index is 5.96. The van der Waals surface area contributed by atoms with Crippen LogP contribution in [-0.2, 0) is 13.1 Å². The molecule has 0 aliphatic rings. The van der Waals surface area contributed by atoms with Gasteiger partial charge >= 0.3 is 0 Å².